The molecule has 18 heavy (non-hydrogen) atoms. The molecule has 2 rings (SSSR count). The second-order valence-electron chi connectivity index (χ2n) is 6.86. The molecule has 1 saturated carbocycles. The molecule has 0 aromatic carbocycles. The molecule has 2 fully saturated rings. The number of nitrogens with one attached hydrogen (secondary N) is 1. The highest BCUT2D eigenvalue weighted by Crippen LogP contribution is 2.29. The first-order valence-corrected chi connectivity index (χ1v) is 8.16. The average molecular weight is 252 g/mol. The second kappa shape index (κ2) is 6.91. The van der Waals surface area contributed by atoms with Crippen LogP contribution in [-0.2, 0) is 0 Å². The fraction of sp³-hybridized carbons (Fsp3) is 1.00. The van der Waals surface area contributed by atoms with Crippen LogP contribution in [0, 0.1) is 5.92 Å². The van der Waals surface area contributed by atoms with Gasteiger partial charge in [-0.25, -0.2) is 0 Å². The number of hydrogen-bond donors (Lipinski definition) is 1. The fourth-order valence-electron chi connectivity index (χ4n) is 3.82. The number of hydrogen-bond acceptors (Lipinski definition) is 2. The minimum atomic E-state index is 0.698. The van der Waals surface area contributed by atoms with Crippen LogP contribution >= 0.6 is 0 Å². The molecule has 2 aliphatic rings. The summed E-state index contributed by atoms with van der Waals surface area (Å²) in [6.45, 7) is 9.69. The van der Waals surface area contributed by atoms with Crippen molar-refractivity contribution in [1.29, 1.82) is 0 Å². The van der Waals surface area contributed by atoms with Crippen LogP contribution in [0.3, 0.4) is 0 Å². The summed E-state index contributed by atoms with van der Waals surface area (Å²) in [6.07, 6.45) is 9.91. The van der Waals surface area contributed by atoms with E-state index in [1.165, 1.54) is 58.0 Å². The molecule has 2 nitrogen and oxygen atoms in total. The third kappa shape index (κ3) is 3.96. The Morgan fingerprint density at radius 3 is 2.56 bits per heavy atom. The van der Waals surface area contributed by atoms with Gasteiger partial charge in [0.15, 0.2) is 0 Å². The van der Waals surface area contributed by atoms with E-state index in [0.717, 1.165) is 18.0 Å². The van der Waals surface area contributed by atoms with Crippen molar-refractivity contribution in [3.8, 4) is 0 Å². The lowest BCUT2D eigenvalue weighted by molar-refractivity contribution is 0.0873. The summed E-state index contributed by atoms with van der Waals surface area (Å²) < 4.78 is 0. The van der Waals surface area contributed by atoms with Gasteiger partial charge in [-0.05, 0) is 52.0 Å². The summed E-state index contributed by atoms with van der Waals surface area (Å²) in [5.41, 5.74) is 0. The van der Waals surface area contributed by atoms with Gasteiger partial charge in [0.05, 0.1) is 0 Å². The Morgan fingerprint density at radius 1 is 1.11 bits per heavy atom. The molecule has 0 radical (unpaired) electrons. The zero-order chi connectivity index (χ0) is 13.0. The van der Waals surface area contributed by atoms with Gasteiger partial charge < -0.3 is 5.32 Å². The molecular weight excluding hydrogens is 220 g/mol. The molecule has 106 valence electrons. The maximum absolute atomic E-state index is 3.71. The largest absolute Gasteiger partial charge is 0.313 e. The van der Waals surface area contributed by atoms with E-state index in [4.69, 9.17) is 0 Å². The van der Waals surface area contributed by atoms with Crippen molar-refractivity contribution in [2.24, 2.45) is 5.92 Å². The molecule has 0 aromatic rings. The summed E-state index contributed by atoms with van der Waals surface area (Å²) >= 11 is 0. The van der Waals surface area contributed by atoms with Crippen LogP contribution in [0.15, 0.2) is 0 Å². The van der Waals surface area contributed by atoms with Crippen molar-refractivity contribution in [3.63, 3.8) is 0 Å². The number of nitrogens with zero attached hydrogens (tertiary/aromatic N) is 1. The van der Waals surface area contributed by atoms with Crippen LogP contribution in [0.25, 0.3) is 0 Å². The topological polar surface area (TPSA) is 15.3 Å². The van der Waals surface area contributed by atoms with Crippen molar-refractivity contribution >= 4 is 0 Å². The quantitative estimate of drug-likeness (QED) is 0.825. The van der Waals surface area contributed by atoms with Crippen LogP contribution in [0.4, 0.5) is 0 Å². The lowest BCUT2D eigenvalue weighted by Gasteiger charge is -2.41. The standard InChI is InChI=1S/C16H32N2/c1-13(2)18(12-15-8-4-5-10-17-15)16-9-6-7-14(3)11-16/h13-17H,4-12H2,1-3H3. The highest BCUT2D eigenvalue weighted by atomic mass is 15.2. The van der Waals surface area contributed by atoms with Crippen molar-refractivity contribution in [3.05, 3.63) is 0 Å². The summed E-state index contributed by atoms with van der Waals surface area (Å²) in [6, 6.07) is 2.29. The third-order valence-corrected chi connectivity index (χ3v) is 4.88. The Balaban J connectivity index is 1.89. The van der Waals surface area contributed by atoms with Crippen molar-refractivity contribution in [1.82, 2.24) is 10.2 Å². The highest BCUT2D eigenvalue weighted by Gasteiger charge is 2.28. The molecule has 0 amide bonds. The van der Waals surface area contributed by atoms with Gasteiger partial charge in [0.25, 0.3) is 0 Å². The molecule has 0 aromatic heterocycles. The molecule has 1 heterocycles. The lowest BCUT2D eigenvalue weighted by Crippen LogP contribution is -2.50. The third-order valence-electron chi connectivity index (χ3n) is 4.88. The lowest BCUT2D eigenvalue weighted by atomic mass is 9.85. The zero-order valence-electron chi connectivity index (χ0n) is 12.6. The van der Waals surface area contributed by atoms with Gasteiger partial charge in [0, 0.05) is 24.7 Å². The first-order valence-electron chi connectivity index (χ1n) is 8.16. The minimum Gasteiger partial charge on any atom is -0.313 e. The molecule has 1 aliphatic heterocycles. The van der Waals surface area contributed by atoms with Gasteiger partial charge in [-0.2, -0.15) is 0 Å². The average Bonchev–Trinajstić information content (AvgIpc) is 2.37. The summed E-state index contributed by atoms with van der Waals surface area (Å²) in [7, 11) is 0. The van der Waals surface area contributed by atoms with Crippen LogP contribution in [0.5, 0.6) is 0 Å². The molecule has 0 spiro atoms. The first-order chi connectivity index (χ1) is 8.66. The predicted molar refractivity (Wildman–Crippen MR) is 78.9 cm³/mol. The Labute approximate surface area is 114 Å². The van der Waals surface area contributed by atoms with Crippen LogP contribution < -0.4 is 5.32 Å². The maximum atomic E-state index is 3.71. The molecule has 0 bridgehead atoms. The number of piperidine rings is 1. The van der Waals surface area contributed by atoms with Gasteiger partial charge in [-0.1, -0.05) is 26.2 Å². The van der Waals surface area contributed by atoms with Gasteiger partial charge >= 0.3 is 0 Å². The van der Waals surface area contributed by atoms with E-state index in [1.54, 1.807) is 0 Å². The monoisotopic (exact) mass is 252 g/mol. The second-order valence-corrected chi connectivity index (χ2v) is 6.86. The van der Waals surface area contributed by atoms with E-state index in [2.05, 4.69) is 31.0 Å². The minimum absolute atomic E-state index is 0.698. The van der Waals surface area contributed by atoms with Crippen molar-refractivity contribution in [2.45, 2.75) is 83.8 Å². The highest BCUT2D eigenvalue weighted by molar-refractivity contribution is 4.85. The van der Waals surface area contributed by atoms with Gasteiger partial charge in [0.1, 0.15) is 0 Å². The van der Waals surface area contributed by atoms with Crippen LogP contribution in [-0.4, -0.2) is 36.1 Å². The molecule has 1 aliphatic carbocycles. The molecule has 3 unspecified atom stereocenters. The van der Waals surface area contributed by atoms with E-state index in [-0.39, 0.29) is 0 Å². The Hall–Kier alpha value is -0.0800. The molecule has 3 atom stereocenters. The van der Waals surface area contributed by atoms with E-state index in [1.807, 2.05) is 0 Å². The van der Waals surface area contributed by atoms with E-state index < -0.39 is 0 Å². The first kappa shape index (κ1) is 14.3. The molecule has 2 heteroatoms. The summed E-state index contributed by atoms with van der Waals surface area (Å²) in [4.78, 5) is 2.79. The van der Waals surface area contributed by atoms with Crippen molar-refractivity contribution in [2.75, 3.05) is 13.1 Å². The Morgan fingerprint density at radius 2 is 1.94 bits per heavy atom. The fourth-order valence-corrected chi connectivity index (χ4v) is 3.82. The molecular formula is C16H32N2. The molecule has 1 saturated heterocycles. The van der Waals surface area contributed by atoms with E-state index >= 15 is 0 Å². The number of rotatable bonds is 4. The predicted octanol–water partition coefficient (Wildman–Crippen LogP) is 3.42. The van der Waals surface area contributed by atoms with Gasteiger partial charge in [-0.15, -0.1) is 0 Å². The summed E-state index contributed by atoms with van der Waals surface area (Å²) in [5, 5.41) is 3.71. The SMILES string of the molecule is CC1CCCC(N(CC2CCCCN2)C(C)C)C1. The zero-order valence-corrected chi connectivity index (χ0v) is 12.6. The van der Waals surface area contributed by atoms with Gasteiger partial charge in [-0.3, -0.25) is 4.90 Å². The van der Waals surface area contributed by atoms with Crippen LogP contribution in [0.1, 0.15) is 65.7 Å². The van der Waals surface area contributed by atoms with E-state index in [0.29, 0.717) is 6.04 Å². The van der Waals surface area contributed by atoms with Crippen LogP contribution in [0.2, 0.25) is 0 Å². The Kier molecular flexibility index (Phi) is 5.50. The maximum Gasteiger partial charge on any atom is 0.0195 e. The van der Waals surface area contributed by atoms with E-state index in [9.17, 15) is 0 Å². The normalized spacial score (nSPS) is 34.2. The summed E-state index contributed by atoms with van der Waals surface area (Å²) in [5.74, 6) is 0.935. The van der Waals surface area contributed by atoms with Crippen molar-refractivity contribution < 1.29 is 0 Å². The molecule has 1 N–H and O–H groups in total. The Bertz CT molecular complexity index is 233. The smallest absolute Gasteiger partial charge is 0.0195 e. The van der Waals surface area contributed by atoms with Gasteiger partial charge in [0.2, 0.25) is 0 Å².